The van der Waals surface area contributed by atoms with Gasteiger partial charge in [0.05, 0.1) is 11.8 Å². The molecule has 22 heavy (non-hydrogen) atoms. The van der Waals surface area contributed by atoms with Gasteiger partial charge in [-0.25, -0.2) is 0 Å². The normalized spacial score (nSPS) is 27.6. The van der Waals surface area contributed by atoms with Gasteiger partial charge < -0.3 is 4.57 Å². The van der Waals surface area contributed by atoms with Crippen molar-refractivity contribution in [3.05, 3.63) is 23.0 Å². The Kier molecular flexibility index (Phi) is 4.62. The predicted octanol–water partition coefficient (Wildman–Crippen LogP) is 3.62. The summed E-state index contributed by atoms with van der Waals surface area (Å²) in [6, 6.07) is 2.70. The van der Waals surface area contributed by atoms with Gasteiger partial charge in [0.15, 0.2) is 5.17 Å². The van der Waals surface area contributed by atoms with E-state index < -0.39 is 0 Å². The Morgan fingerprint density at radius 2 is 2.09 bits per heavy atom. The Bertz CT molecular complexity index is 614. The first-order chi connectivity index (χ1) is 10.6. The molecule has 4 nitrogen and oxygen atoms in total. The number of amidine groups is 1. The van der Waals surface area contributed by atoms with Crippen molar-refractivity contribution in [2.75, 3.05) is 5.75 Å². The SMILES string of the molecule is Cc1cc(C2=NNC(=N[C@@H]3CCCC[C@H]3C)SC2)c(C)n1C. The van der Waals surface area contributed by atoms with E-state index in [1.807, 2.05) is 0 Å². The smallest absolute Gasteiger partial charge is 0.177 e. The summed E-state index contributed by atoms with van der Waals surface area (Å²) in [5, 5.41) is 5.58. The van der Waals surface area contributed by atoms with Crippen LogP contribution in [0.1, 0.15) is 49.6 Å². The van der Waals surface area contributed by atoms with Crippen LogP contribution in [0, 0.1) is 19.8 Å². The molecule has 0 bridgehead atoms. The minimum atomic E-state index is 0.473. The molecule has 0 saturated heterocycles. The number of nitrogens with zero attached hydrogens (tertiary/aromatic N) is 3. The van der Waals surface area contributed by atoms with E-state index in [2.05, 4.69) is 49.0 Å². The van der Waals surface area contributed by atoms with E-state index in [1.54, 1.807) is 11.8 Å². The lowest BCUT2D eigenvalue weighted by Gasteiger charge is -2.26. The second-order valence-electron chi connectivity index (χ2n) is 6.57. The number of aryl methyl sites for hydroxylation is 1. The first-order valence-electron chi connectivity index (χ1n) is 8.22. The van der Waals surface area contributed by atoms with E-state index in [-0.39, 0.29) is 0 Å². The zero-order chi connectivity index (χ0) is 15.7. The summed E-state index contributed by atoms with van der Waals surface area (Å²) in [6.07, 6.45) is 5.20. The molecule has 0 radical (unpaired) electrons. The van der Waals surface area contributed by atoms with Crippen molar-refractivity contribution in [1.29, 1.82) is 0 Å². The number of thioether (sulfide) groups is 1. The van der Waals surface area contributed by atoms with Crippen molar-refractivity contribution in [2.45, 2.75) is 52.5 Å². The lowest BCUT2D eigenvalue weighted by atomic mass is 9.86. The quantitative estimate of drug-likeness (QED) is 0.905. The maximum atomic E-state index is 4.91. The maximum absolute atomic E-state index is 4.91. The van der Waals surface area contributed by atoms with E-state index in [0.717, 1.165) is 16.6 Å². The fourth-order valence-corrected chi connectivity index (χ4v) is 4.12. The molecule has 1 aliphatic carbocycles. The molecule has 1 N–H and O–H groups in total. The highest BCUT2D eigenvalue weighted by atomic mass is 32.2. The fourth-order valence-electron chi connectivity index (χ4n) is 3.31. The van der Waals surface area contributed by atoms with Crippen LogP contribution in [0.4, 0.5) is 0 Å². The summed E-state index contributed by atoms with van der Waals surface area (Å²) in [5.41, 5.74) is 8.12. The van der Waals surface area contributed by atoms with Crippen molar-refractivity contribution in [3.8, 4) is 0 Å². The molecule has 1 fully saturated rings. The average Bonchev–Trinajstić information content (AvgIpc) is 2.78. The van der Waals surface area contributed by atoms with Crippen LogP contribution in [0.3, 0.4) is 0 Å². The molecule has 1 aliphatic heterocycles. The molecular weight excluding hydrogens is 292 g/mol. The zero-order valence-electron chi connectivity index (χ0n) is 14.0. The van der Waals surface area contributed by atoms with Gasteiger partial charge in [0.2, 0.25) is 0 Å². The second kappa shape index (κ2) is 6.49. The summed E-state index contributed by atoms with van der Waals surface area (Å²) < 4.78 is 2.22. The number of hydrogen-bond donors (Lipinski definition) is 1. The van der Waals surface area contributed by atoms with Crippen molar-refractivity contribution in [2.24, 2.45) is 23.1 Å². The fraction of sp³-hybridized carbons (Fsp3) is 0.647. The first-order valence-corrected chi connectivity index (χ1v) is 9.21. The molecule has 5 heteroatoms. The summed E-state index contributed by atoms with van der Waals surface area (Å²) in [5.74, 6) is 1.60. The monoisotopic (exact) mass is 318 g/mol. The molecule has 2 heterocycles. The van der Waals surface area contributed by atoms with Gasteiger partial charge in [0, 0.05) is 29.8 Å². The van der Waals surface area contributed by atoms with Gasteiger partial charge in [-0.1, -0.05) is 31.5 Å². The number of aliphatic imine (C=N–C) groups is 1. The third-order valence-corrected chi connectivity index (χ3v) is 5.96. The first kappa shape index (κ1) is 15.7. The van der Waals surface area contributed by atoms with Gasteiger partial charge in [0.1, 0.15) is 0 Å². The van der Waals surface area contributed by atoms with Crippen molar-refractivity contribution in [3.63, 3.8) is 0 Å². The molecular formula is C17H26N4S. The highest BCUT2D eigenvalue weighted by Gasteiger charge is 2.23. The summed E-state index contributed by atoms with van der Waals surface area (Å²) in [7, 11) is 2.11. The molecule has 0 aromatic carbocycles. The van der Waals surface area contributed by atoms with Gasteiger partial charge in [-0.05, 0) is 38.7 Å². The molecule has 2 atom stereocenters. The number of hydrogen-bond acceptors (Lipinski definition) is 3. The van der Waals surface area contributed by atoms with E-state index in [4.69, 9.17) is 4.99 Å². The number of rotatable bonds is 2. The topological polar surface area (TPSA) is 41.7 Å². The highest BCUT2D eigenvalue weighted by molar-refractivity contribution is 8.14. The van der Waals surface area contributed by atoms with E-state index in [0.29, 0.717) is 12.0 Å². The molecule has 0 unspecified atom stereocenters. The maximum Gasteiger partial charge on any atom is 0.177 e. The van der Waals surface area contributed by atoms with E-state index in [1.165, 1.54) is 42.6 Å². The largest absolute Gasteiger partial charge is 0.351 e. The Balaban J connectivity index is 1.72. The van der Waals surface area contributed by atoms with Gasteiger partial charge in [-0.15, -0.1) is 0 Å². The van der Waals surface area contributed by atoms with Crippen molar-refractivity contribution >= 4 is 22.6 Å². The van der Waals surface area contributed by atoms with Gasteiger partial charge in [0.25, 0.3) is 0 Å². The molecule has 3 rings (SSSR count). The van der Waals surface area contributed by atoms with Crippen molar-refractivity contribution < 1.29 is 0 Å². The van der Waals surface area contributed by atoms with E-state index >= 15 is 0 Å². The number of hydrazone groups is 1. The van der Waals surface area contributed by atoms with Crippen LogP contribution in [-0.2, 0) is 7.05 Å². The molecule has 0 amide bonds. The van der Waals surface area contributed by atoms with E-state index in [9.17, 15) is 0 Å². The molecule has 120 valence electrons. The van der Waals surface area contributed by atoms with Crippen LogP contribution in [-0.4, -0.2) is 27.2 Å². The Hall–Kier alpha value is -1.23. The Morgan fingerprint density at radius 1 is 1.32 bits per heavy atom. The van der Waals surface area contributed by atoms with Crippen LogP contribution in [0.2, 0.25) is 0 Å². The van der Waals surface area contributed by atoms with Crippen LogP contribution in [0.5, 0.6) is 0 Å². The molecule has 1 aromatic rings. The molecule has 2 aliphatic rings. The van der Waals surface area contributed by atoms with Crippen LogP contribution < -0.4 is 5.43 Å². The second-order valence-corrected chi connectivity index (χ2v) is 7.53. The minimum absolute atomic E-state index is 0.473. The highest BCUT2D eigenvalue weighted by Crippen LogP contribution is 2.27. The summed E-state index contributed by atoms with van der Waals surface area (Å²) in [6.45, 7) is 6.62. The summed E-state index contributed by atoms with van der Waals surface area (Å²) >= 11 is 1.78. The predicted molar refractivity (Wildman–Crippen MR) is 95.9 cm³/mol. The van der Waals surface area contributed by atoms with Gasteiger partial charge >= 0.3 is 0 Å². The standard InChI is InChI=1S/C17H26N4S/c1-11-7-5-6-8-15(11)18-17-20-19-16(10-22-17)14-9-12(2)21(4)13(14)3/h9,11,15H,5-8,10H2,1-4H3,(H,18,20)/t11-,15-/m1/s1. The Labute approximate surface area is 137 Å². The minimum Gasteiger partial charge on any atom is -0.351 e. The van der Waals surface area contributed by atoms with Gasteiger partial charge in [-0.2, -0.15) is 5.10 Å². The average molecular weight is 318 g/mol. The molecule has 0 spiro atoms. The third-order valence-electron chi connectivity index (χ3n) is 5.07. The lowest BCUT2D eigenvalue weighted by Crippen LogP contribution is -2.29. The number of nitrogens with one attached hydrogen (secondary N) is 1. The third kappa shape index (κ3) is 3.09. The Morgan fingerprint density at radius 3 is 2.68 bits per heavy atom. The molecule has 1 saturated carbocycles. The lowest BCUT2D eigenvalue weighted by molar-refractivity contribution is 0.333. The van der Waals surface area contributed by atoms with Crippen LogP contribution in [0.25, 0.3) is 0 Å². The number of aromatic nitrogens is 1. The van der Waals surface area contributed by atoms with Crippen LogP contribution in [0.15, 0.2) is 16.2 Å². The van der Waals surface area contributed by atoms with Gasteiger partial charge in [-0.3, -0.25) is 10.4 Å². The van der Waals surface area contributed by atoms with Crippen molar-refractivity contribution in [1.82, 2.24) is 9.99 Å². The van der Waals surface area contributed by atoms with Crippen LogP contribution >= 0.6 is 11.8 Å². The zero-order valence-corrected chi connectivity index (χ0v) is 14.8. The molecule has 1 aromatic heterocycles. The summed E-state index contributed by atoms with van der Waals surface area (Å²) in [4.78, 5) is 4.91.